The van der Waals surface area contributed by atoms with Crippen LogP contribution in [0.2, 0.25) is 0 Å². The van der Waals surface area contributed by atoms with E-state index < -0.39 is 6.17 Å². The molecule has 3 heterocycles. The average molecular weight is 691 g/mol. The van der Waals surface area contributed by atoms with Crippen LogP contribution in [0.3, 0.4) is 0 Å². The number of aromatic nitrogens is 2. The van der Waals surface area contributed by atoms with E-state index in [-0.39, 0.29) is 0 Å². The zero-order valence-corrected chi connectivity index (χ0v) is 29.2. The van der Waals surface area contributed by atoms with Crippen LogP contribution in [0.5, 0.6) is 0 Å². The Bertz CT molecular complexity index is 3120. The van der Waals surface area contributed by atoms with E-state index >= 15 is 0 Å². The molecule has 1 aliphatic heterocycles. The topological polar surface area (TPSA) is 48.7 Å². The summed E-state index contributed by atoms with van der Waals surface area (Å²) in [5.74, 6) is 1.36. The first kappa shape index (κ1) is 30.4. The van der Waals surface area contributed by atoms with Gasteiger partial charge in [0.1, 0.15) is 0 Å². The van der Waals surface area contributed by atoms with Crippen LogP contribution < -0.4 is 0 Å². The molecular weight excluding hydrogens is 659 g/mol. The van der Waals surface area contributed by atoms with Gasteiger partial charge in [0.25, 0.3) is 0 Å². The zero-order valence-electron chi connectivity index (χ0n) is 29.2. The molecule has 5 heteroatoms. The summed E-state index contributed by atoms with van der Waals surface area (Å²) in [7, 11) is 0. The molecule has 1 aliphatic rings. The van der Waals surface area contributed by atoms with Crippen molar-refractivity contribution in [1.29, 1.82) is 0 Å². The van der Waals surface area contributed by atoms with Crippen LogP contribution in [0, 0.1) is 0 Å². The molecule has 0 saturated carbocycles. The lowest BCUT2D eigenvalue weighted by Crippen LogP contribution is -2.16. The van der Waals surface area contributed by atoms with Gasteiger partial charge in [-0.15, -0.1) is 0 Å². The zero-order chi connectivity index (χ0) is 35.6. The van der Waals surface area contributed by atoms with Gasteiger partial charge in [0.2, 0.25) is 0 Å². The van der Waals surface area contributed by atoms with Gasteiger partial charge in [0, 0.05) is 32.6 Å². The molecular formula is C49H32N5-. The number of hydrogen-bond donors (Lipinski definition) is 0. The first-order chi connectivity index (χ1) is 26.8. The summed E-state index contributed by atoms with van der Waals surface area (Å²) in [6.07, 6.45) is -0.403. The van der Waals surface area contributed by atoms with Crippen molar-refractivity contribution in [2.75, 3.05) is 0 Å². The van der Waals surface area contributed by atoms with Crippen LogP contribution in [0.25, 0.3) is 71.1 Å². The van der Waals surface area contributed by atoms with Crippen LogP contribution >= 0.6 is 0 Å². The summed E-state index contributed by atoms with van der Waals surface area (Å²) >= 11 is 0. The number of hydrogen-bond acceptors (Lipinski definition) is 2. The molecule has 254 valence electrons. The quantitative estimate of drug-likeness (QED) is 0.173. The Balaban J connectivity index is 1.18. The predicted octanol–water partition coefficient (Wildman–Crippen LogP) is 12.3. The number of rotatable bonds is 5. The van der Waals surface area contributed by atoms with E-state index in [0.29, 0.717) is 11.7 Å². The highest BCUT2D eigenvalue weighted by Gasteiger charge is 2.22. The van der Waals surface area contributed by atoms with Gasteiger partial charge in [-0.1, -0.05) is 157 Å². The van der Waals surface area contributed by atoms with Gasteiger partial charge >= 0.3 is 0 Å². The standard InChI is InChI=1S/C49H32N5/c1-4-16-32(17-5-1)47-50-48(33-18-6-2-7-19-33)52-49(51-47)39-26-14-25-36-35(39)24-15-29-42(36)54-41-27-12-10-22-37(41)38-30-31-44-45(46(38)54)40-23-11-13-28-43(40)53(44)34-20-8-3-9-21-34/h1-31,47H/q-1. The molecule has 0 radical (unpaired) electrons. The molecule has 1 unspecified atom stereocenters. The van der Waals surface area contributed by atoms with Crippen LogP contribution in [0.15, 0.2) is 198 Å². The summed E-state index contributed by atoms with van der Waals surface area (Å²) < 4.78 is 4.87. The molecule has 54 heavy (non-hydrogen) atoms. The van der Waals surface area contributed by atoms with Crippen molar-refractivity contribution < 1.29 is 0 Å². The van der Waals surface area contributed by atoms with E-state index in [9.17, 15) is 0 Å². The van der Waals surface area contributed by atoms with Crippen LogP contribution in [-0.2, 0) is 0 Å². The minimum absolute atomic E-state index is 0.403. The second kappa shape index (κ2) is 12.2. The molecule has 10 aromatic rings. The van der Waals surface area contributed by atoms with Gasteiger partial charge in [0.15, 0.2) is 0 Å². The van der Waals surface area contributed by atoms with E-state index in [1.54, 1.807) is 0 Å². The van der Waals surface area contributed by atoms with E-state index in [0.717, 1.165) is 44.4 Å². The van der Waals surface area contributed by atoms with Crippen LogP contribution in [0.4, 0.5) is 0 Å². The van der Waals surface area contributed by atoms with E-state index in [1.165, 1.54) is 38.1 Å². The summed E-state index contributed by atoms with van der Waals surface area (Å²) in [6, 6.07) is 66.4. The van der Waals surface area contributed by atoms with Crippen molar-refractivity contribution in [3.63, 3.8) is 0 Å². The molecule has 8 aromatic carbocycles. The van der Waals surface area contributed by atoms with E-state index in [4.69, 9.17) is 15.3 Å². The highest BCUT2D eigenvalue weighted by atomic mass is 15.2. The van der Waals surface area contributed by atoms with Crippen molar-refractivity contribution in [3.8, 4) is 11.4 Å². The maximum Gasteiger partial charge on any atom is 0.0822 e. The highest BCUT2D eigenvalue weighted by Crippen LogP contribution is 2.43. The largest absolute Gasteiger partial charge is 0.438 e. The second-order valence-corrected chi connectivity index (χ2v) is 13.7. The Morgan fingerprint density at radius 3 is 1.87 bits per heavy atom. The maximum atomic E-state index is 5.20. The van der Waals surface area contributed by atoms with Gasteiger partial charge < -0.3 is 19.4 Å². The van der Waals surface area contributed by atoms with Crippen molar-refractivity contribution in [1.82, 2.24) is 9.13 Å². The number of aliphatic imine (C=N–C) groups is 2. The molecule has 0 spiro atoms. The van der Waals surface area contributed by atoms with Crippen molar-refractivity contribution in [2.24, 2.45) is 9.98 Å². The smallest absolute Gasteiger partial charge is 0.0822 e. The molecule has 0 fully saturated rings. The summed E-state index contributed by atoms with van der Waals surface area (Å²) in [5, 5.41) is 12.3. The Hall–Kier alpha value is -7.24. The van der Waals surface area contributed by atoms with Crippen molar-refractivity contribution in [2.45, 2.75) is 6.17 Å². The van der Waals surface area contributed by atoms with E-state index in [1.807, 2.05) is 36.4 Å². The van der Waals surface area contributed by atoms with Gasteiger partial charge in [0.05, 0.1) is 39.8 Å². The van der Waals surface area contributed by atoms with Gasteiger partial charge in [-0.05, 0) is 58.5 Å². The molecule has 5 nitrogen and oxygen atoms in total. The fraction of sp³-hybridized carbons (Fsp3) is 0.0204. The minimum Gasteiger partial charge on any atom is -0.438 e. The fourth-order valence-electron chi connectivity index (χ4n) is 8.35. The SMILES string of the molecule is c1ccc(C2=NC(c3ccccc3)[N-]C(c3cccc4c(-n5c6ccccc6c6ccc7c(c8ccccc8n7-c7ccccc7)c65)cccc34)=N2)cc1. The lowest BCUT2D eigenvalue weighted by Gasteiger charge is -2.33. The number of para-hydroxylation sites is 3. The van der Waals surface area contributed by atoms with Crippen molar-refractivity contribution >= 4 is 66.1 Å². The molecule has 0 aliphatic carbocycles. The Kier molecular flexibility index (Phi) is 6.85. The van der Waals surface area contributed by atoms with Crippen molar-refractivity contribution in [3.05, 3.63) is 210 Å². The number of nitrogens with zero attached hydrogens (tertiary/aromatic N) is 5. The lowest BCUT2D eigenvalue weighted by atomic mass is 10.0. The summed E-state index contributed by atoms with van der Waals surface area (Å²) in [6.45, 7) is 0. The lowest BCUT2D eigenvalue weighted by molar-refractivity contribution is 0.878. The molecule has 1 atom stereocenters. The average Bonchev–Trinajstić information content (AvgIpc) is 3.77. The van der Waals surface area contributed by atoms with E-state index in [2.05, 4.69) is 161 Å². The second-order valence-electron chi connectivity index (χ2n) is 13.7. The van der Waals surface area contributed by atoms with Gasteiger partial charge in [-0.3, -0.25) is 4.99 Å². The van der Waals surface area contributed by atoms with Crippen LogP contribution in [0.1, 0.15) is 22.9 Å². The Morgan fingerprint density at radius 2 is 1.07 bits per heavy atom. The van der Waals surface area contributed by atoms with Crippen LogP contribution in [-0.4, -0.2) is 20.8 Å². The first-order valence-electron chi connectivity index (χ1n) is 18.3. The third-order valence-corrected chi connectivity index (χ3v) is 10.7. The van der Waals surface area contributed by atoms with Gasteiger partial charge in [-0.2, -0.15) is 0 Å². The third kappa shape index (κ3) is 4.65. The molecule has 0 bridgehead atoms. The number of benzene rings is 8. The number of fused-ring (bicyclic) bond motifs is 8. The normalized spacial score (nSPS) is 14.5. The number of amidine groups is 2. The monoisotopic (exact) mass is 690 g/mol. The molecule has 0 amide bonds. The predicted molar refractivity (Wildman–Crippen MR) is 225 cm³/mol. The summed E-state index contributed by atoms with van der Waals surface area (Å²) in [5.41, 5.74) is 9.95. The third-order valence-electron chi connectivity index (χ3n) is 10.7. The summed E-state index contributed by atoms with van der Waals surface area (Å²) in [4.78, 5) is 10.2. The Morgan fingerprint density at radius 1 is 0.444 bits per heavy atom. The maximum absolute atomic E-state index is 5.20. The Labute approximate surface area is 311 Å². The molecule has 11 rings (SSSR count). The fourth-order valence-corrected chi connectivity index (χ4v) is 8.35. The van der Waals surface area contributed by atoms with Gasteiger partial charge in [-0.25, -0.2) is 0 Å². The molecule has 0 saturated heterocycles. The highest BCUT2D eigenvalue weighted by molar-refractivity contribution is 6.27. The first-order valence-corrected chi connectivity index (χ1v) is 18.3. The molecule has 2 aromatic heterocycles. The molecule has 0 N–H and O–H groups in total. The minimum atomic E-state index is -0.403.